The van der Waals surface area contributed by atoms with Crippen molar-refractivity contribution >= 4 is 56.1 Å². The van der Waals surface area contributed by atoms with Crippen LogP contribution in [0.2, 0.25) is 0 Å². The second-order valence-corrected chi connectivity index (χ2v) is 8.36. The molecule has 0 aliphatic rings. The molecule has 1 amide bonds. The number of amides is 1. The molecule has 0 unspecified atom stereocenters. The molecule has 0 spiro atoms. The van der Waals surface area contributed by atoms with E-state index >= 15 is 0 Å². The molecule has 160 valence electrons. The molecule has 0 fully saturated rings. The number of benzene rings is 3. The largest absolute Gasteiger partial charge is 0.483 e. The highest BCUT2D eigenvalue weighted by atomic mass is 79.9. The Morgan fingerprint density at radius 2 is 1.81 bits per heavy atom. The molecule has 3 aromatic carbocycles. The first-order chi connectivity index (χ1) is 15.6. The number of hydrazone groups is 1. The maximum absolute atomic E-state index is 12.0. The fraction of sp³-hybridized carbons (Fsp3) is 0.0417. The first-order valence-electron chi connectivity index (χ1n) is 9.58. The molecule has 1 aromatic heterocycles. The van der Waals surface area contributed by atoms with E-state index in [1.54, 1.807) is 36.4 Å². The molecule has 1 heterocycles. The number of nitrogens with one attached hydrogen (secondary N) is 1. The fourth-order valence-electron chi connectivity index (χ4n) is 2.85. The number of carbonyl (C=O) groups excluding carboxylic acids is 2. The molecule has 6 nitrogen and oxygen atoms in total. The van der Waals surface area contributed by atoms with Crippen LogP contribution in [-0.4, -0.2) is 24.7 Å². The van der Waals surface area contributed by atoms with Crippen molar-refractivity contribution in [2.45, 2.75) is 0 Å². The van der Waals surface area contributed by atoms with Gasteiger partial charge in [-0.05, 0) is 74.0 Å². The van der Waals surface area contributed by atoms with E-state index in [9.17, 15) is 9.59 Å². The summed E-state index contributed by atoms with van der Waals surface area (Å²) in [5, 5.41) is 7.83. The molecule has 0 radical (unpaired) electrons. The SMILES string of the molecule is O=C(COc1ccc2ccccc2c1Br)N/N=C\c1ccc(OC(=O)c2cccs2)cc1. The Morgan fingerprint density at radius 1 is 1.00 bits per heavy atom. The Bertz CT molecular complexity index is 1270. The molecule has 0 bridgehead atoms. The molecule has 8 heteroatoms. The third-order valence-corrected chi connectivity index (χ3v) is 6.07. The van der Waals surface area contributed by atoms with Crippen LogP contribution in [0.1, 0.15) is 15.2 Å². The van der Waals surface area contributed by atoms with Crippen LogP contribution in [0.3, 0.4) is 0 Å². The topological polar surface area (TPSA) is 77.0 Å². The second-order valence-electron chi connectivity index (χ2n) is 6.62. The maximum atomic E-state index is 12.0. The van der Waals surface area contributed by atoms with E-state index in [4.69, 9.17) is 9.47 Å². The fourth-order valence-corrected chi connectivity index (χ4v) is 4.06. The molecular weight excluding hydrogens is 492 g/mol. The van der Waals surface area contributed by atoms with Crippen LogP contribution in [0, 0.1) is 0 Å². The van der Waals surface area contributed by atoms with E-state index < -0.39 is 5.97 Å². The summed E-state index contributed by atoms with van der Waals surface area (Å²) in [6, 6.07) is 21.9. The Kier molecular flexibility index (Phi) is 6.94. The predicted octanol–water partition coefficient (Wildman–Crippen LogP) is 5.41. The monoisotopic (exact) mass is 508 g/mol. The number of rotatable bonds is 7. The normalized spacial score (nSPS) is 10.9. The quantitative estimate of drug-likeness (QED) is 0.156. The van der Waals surface area contributed by atoms with Gasteiger partial charge in [-0.2, -0.15) is 5.10 Å². The number of hydrogen-bond donors (Lipinski definition) is 1. The zero-order valence-electron chi connectivity index (χ0n) is 16.7. The van der Waals surface area contributed by atoms with E-state index in [1.165, 1.54) is 17.6 Å². The summed E-state index contributed by atoms with van der Waals surface area (Å²) in [5.74, 6) is 0.226. The first-order valence-corrected chi connectivity index (χ1v) is 11.2. The minimum absolute atomic E-state index is 0.175. The number of esters is 1. The minimum atomic E-state index is -0.397. The van der Waals surface area contributed by atoms with E-state index in [1.807, 2.05) is 41.8 Å². The van der Waals surface area contributed by atoms with Crippen LogP contribution in [0.25, 0.3) is 10.8 Å². The smallest absolute Gasteiger partial charge is 0.353 e. The van der Waals surface area contributed by atoms with E-state index in [-0.39, 0.29) is 12.5 Å². The average Bonchev–Trinajstić information content (AvgIpc) is 3.35. The Balaban J connectivity index is 1.27. The Morgan fingerprint density at radius 3 is 2.59 bits per heavy atom. The highest BCUT2D eigenvalue weighted by molar-refractivity contribution is 9.10. The highest BCUT2D eigenvalue weighted by Gasteiger charge is 2.10. The van der Waals surface area contributed by atoms with Crippen molar-refractivity contribution < 1.29 is 19.1 Å². The van der Waals surface area contributed by atoms with Gasteiger partial charge in [-0.3, -0.25) is 4.79 Å². The van der Waals surface area contributed by atoms with Crippen LogP contribution < -0.4 is 14.9 Å². The number of ether oxygens (including phenoxy) is 2. The molecule has 4 aromatic rings. The number of carbonyl (C=O) groups is 2. The van der Waals surface area contributed by atoms with Gasteiger partial charge in [0.25, 0.3) is 5.91 Å². The van der Waals surface area contributed by atoms with Gasteiger partial charge in [-0.15, -0.1) is 11.3 Å². The van der Waals surface area contributed by atoms with Crippen LogP contribution in [0.4, 0.5) is 0 Å². The molecule has 0 saturated carbocycles. The van der Waals surface area contributed by atoms with Crippen molar-refractivity contribution in [3.05, 3.63) is 93.1 Å². The summed E-state index contributed by atoms with van der Waals surface area (Å²) in [6.45, 7) is -0.175. The Hall–Kier alpha value is -3.49. The van der Waals surface area contributed by atoms with Gasteiger partial charge in [0.1, 0.15) is 16.4 Å². The minimum Gasteiger partial charge on any atom is -0.483 e. The summed E-state index contributed by atoms with van der Waals surface area (Å²) in [6.07, 6.45) is 1.49. The summed E-state index contributed by atoms with van der Waals surface area (Å²) < 4.78 is 11.7. The average molecular weight is 509 g/mol. The molecule has 1 N–H and O–H groups in total. The molecule has 0 aliphatic heterocycles. The van der Waals surface area contributed by atoms with Crippen LogP contribution in [-0.2, 0) is 4.79 Å². The summed E-state index contributed by atoms with van der Waals surface area (Å²) >= 11 is 4.85. The van der Waals surface area contributed by atoms with Gasteiger partial charge < -0.3 is 9.47 Å². The molecule has 32 heavy (non-hydrogen) atoms. The van der Waals surface area contributed by atoms with Gasteiger partial charge in [0.2, 0.25) is 0 Å². The lowest BCUT2D eigenvalue weighted by Crippen LogP contribution is -2.24. The molecule has 0 aliphatic carbocycles. The summed E-state index contributed by atoms with van der Waals surface area (Å²) in [5.41, 5.74) is 3.17. The highest BCUT2D eigenvalue weighted by Crippen LogP contribution is 2.32. The van der Waals surface area contributed by atoms with E-state index in [2.05, 4.69) is 26.5 Å². The predicted molar refractivity (Wildman–Crippen MR) is 129 cm³/mol. The molecule has 4 rings (SSSR count). The first kappa shape index (κ1) is 21.7. The number of hydrogen-bond acceptors (Lipinski definition) is 6. The van der Waals surface area contributed by atoms with Gasteiger partial charge in [-0.1, -0.05) is 36.4 Å². The number of nitrogens with zero attached hydrogens (tertiary/aromatic N) is 1. The third kappa shape index (κ3) is 5.40. The van der Waals surface area contributed by atoms with Crippen molar-refractivity contribution in [2.24, 2.45) is 5.10 Å². The zero-order chi connectivity index (χ0) is 22.3. The van der Waals surface area contributed by atoms with Crippen LogP contribution in [0.15, 0.2) is 87.8 Å². The van der Waals surface area contributed by atoms with Crippen molar-refractivity contribution in [3.63, 3.8) is 0 Å². The standard InChI is InChI=1S/C24H17BrN2O4S/c25-23-19-5-2-1-4-17(19)9-12-20(23)30-15-22(28)27-26-14-16-7-10-18(11-8-16)31-24(29)21-6-3-13-32-21/h1-14H,15H2,(H,27,28)/b26-14-. The Labute approximate surface area is 196 Å². The lowest BCUT2D eigenvalue weighted by molar-refractivity contribution is -0.123. The van der Waals surface area contributed by atoms with E-state index in [0.29, 0.717) is 16.4 Å². The lowest BCUT2D eigenvalue weighted by atomic mass is 10.1. The van der Waals surface area contributed by atoms with Gasteiger partial charge in [0.05, 0.1) is 10.7 Å². The van der Waals surface area contributed by atoms with Gasteiger partial charge in [-0.25, -0.2) is 10.2 Å². The summed E-state index contributed by atoms with van der Waals surface area (Å²) in [7, 11) is 0. The van der Waals surface area contributed by atoms with Crippen LogP contribution in [0.5, 0.6) is 11.5 Å². The van der Waals surface area contributed by atoms with Crippen LogP contribution >= 0.6 is 27.3 Å². The number of halogens is 1. The number of fused-ring (bicyclic) bond motifs is 1. The molecule has 0 atom stereocenters. The third-order valence-electron chi connectivity index (χ3n) is 4.40. The van der Waals surface area contributed by atoms with Crippen molar-refractivity contribution in [2.75, 3.05) is 6.61 Å². The maximum Gasteiger partial charge on any atom is 0.353 e. The number of thiophene rings is 1. The lowest BCUT2D eigenvalue weighted by Gasteiger charge is -2.09. The van der Waals surface area contributed by atoms with Gasteiger partial charge in [0, 0.05) is 0 Å². The zero-order valence-corrected chi connectivity index (χ0v) is 19.1. The van der Waals surface area contributed by atoms with E-state index in [0.717, 1.165) is 20.8 Å². The molecular formula is C24H17BrN2O4S. The van der Waals surface area contributed by atoms with Gasteiger partial charge in [0.15, 0.2) is 6.61 Å². The van der Waals surface area contributed by atoms with Gasteiger partial charge >= 0.3 is 5.97 Å². The summed E-state index contributed by atoms with van der Waals surface area (Å²) in [4.78, 5) is 24.5. The molecule has 0 saturated heterocycles. The second kappa shape index (κ2) is 10.2. The van der Waals surface area contributed by atoms with Crippen molar-refractivity contribution in [1.29, 1.82) is 0 Å². The van der Waals surface area contributed by atoms with Crippen molar-refractivity contribution in [1.82, 2.24) is 5.43 Å². The van der Waals surface area contributed by atoms with Crippen molar-refractivity contribution in [3.8, 4) is 11.5 Å².